The molecule has 6 nitrogen and oxygen atoms in total. The van der Waals surface area contributed by atoms with E-state index in [4.69, 9.17) is 23.1 Å². The van der Waals surface area contributed by atoms with Crippen molar-refractivity contribution in [3.8, 4) is 33.7 Å². The van der Waals surface area contributed by atoms with Gasteiger partial charge in [0.25, 0.3) is 0 Å². The maximum atomic E-state index is 8.49. The molecule has 0 amide bonds. The van der Waals surface area contributed by atoms with E-state index in [2.05, 4.69) is 97.3 Å². The third-order valence-electron chi connectivity index (χ3n) is 5.74. The molecule has 0 aliphatic carbocycles. The van der Waals surface area contributed by atoms with Crippen LogP contribution in [0.4, 0.5) is 0 Å². The summed E-state index contributed by atoms with van der Waals surface area (Å²) in [6.07, 6.45) is 0. The molecule has 5 rings (SSSR count). The smallest absolute Gasteiger partial charge is 0.221 e. The van der Waals surface area contributed by atoms with E-state index in [1.807, 2.05) is 18.2 Å². The van der Waals surface area contributed by atoms with Crippen molar-refractivity contribution in [3.05, 3.63) is 114 Å². The molecule has 0 fully saturated rings. The molecule has 178 valence electrons. The SMILES string of the molecule is Cc1oc(-c2ccccc2)cc2c(-c3ccccc3)[n+](Cc3ccccc3)c(C)c1-2.[O-][Cl+3]([O-])([O-])[O-]. The van der Waals surface area contributed by atoms with Crippen LogP contribution >= 0.6 is 0 Å². The average Bonchev–Trinajstić information content (AvgIpc) is 3.11. The maximum Gasteiger partial charge on any atom is 0.221 e. The average molecular weight is 490 g/mol. The lowest BCUT2D eigenvalue weighted by atomic mass is 9.99. The minimum Gasteiger partial charge on any atom is -0.460 e. The van der Waals surface area contributed by atoms with Crippen molar-refractivity contribution in [1.82, 2.24) is 0 Å². The lowest BCUT2D eigenvalue weighted by Crippen LogP contribution is -2.68. The van der Waals surface area contributed by atoms with Gasteiger partial charge in [-0.2, -0.15) is 4.57 Å². The second-order valence-electron chi connectivity index (χ2n) is 8.07. The summed E-state index contributed by atoms with van der Waals surface area (Å²) < 4.78 is 42.7. The van der Waals surface area contributed by atoms with E-state index in [1.165, 1.54) is 33.6 Å². The monoisotopic (exact) mass is 489 g/mol. The molecule has 2 heterocycles. The quantitative estimate of drug-likeness (QED) is 0.358. The van der Waals surface area contributed by atoms with E-state index in [1.54, 1.807) is 0 Å². The second kappa shape index (κ2) is 10.4. The number of fused-ring (bicyclic) bond motifs is 1. The van der Waals surface area contributed by atoms with Crippen LogP contribution in [0.1, 0.15) is 17.0 Å². The number of halogens is 1. The summed E-state index contributed by atoms with van der Waals surface area (Å²) in [6.45, 7) is 5.09. The predicted molar refractivity (Wildman–Crippen MR) is 121 cm³/mol. The number of aromatic nitrogens is 1. The normalized spacial score (nSPS) is 11.3. The van der Waals surface area contributed by atoms with Gasteiger partial charge in [0, 0.05) is 23.6 Å². The van der Waals surface area contributed by atoms with Crippen LogP contribution in [0.25, 0.3) is 33.7 Å². The first kappa shape index (κ1) is 24.6. The van der Waals surface area contributed by atoms with Gasteiger partial charge >= 0.3 is 0 Å². The van der Waals surface area contributed by atoms with Crippen LogP contribution in [-0.2, 0) is 6.54 Å². The summed E-state index contributed by atoms with van der Waals surface area (Å²) in [5, 5.41) is 0. The second-order valence-corrected chi connectivity index (χ2v) is 8.83. The van der Waals surface area contributed by atoms with Crippen LogP contribution in [-0.4, -0.2) is 0 Å². The molecular formula is C28H24ClNO5. The van der Waals surface area contributed by atoms with Gasteiger partial charge in [0.05, 0.1) is 11.1 Å². The van der Waals surface area contributed by atoms with Gasteiger partial charge in [-0.25, -0.2) is 18.6 Å². The molecule has 0 saturated carbocycles. The van der Waals surface area contributed by atoms with Crippen molar-refractivity contribution in [2.24, 2.45) is 0 Å². The van der Waals surface area contributed by atoms with Gasteiger partial charge in [-0.1, -0.05) is 78.9 Å². The topological polar surface area (TPSA) is 109 Å². The Labute approximate surface area is 206 Å². The Balaban J connectivity index is 0.000000527. The van der Waals surface area contributed by atoms with E-state index in [-0.39, 0.29) is 0 Å². The first-order valence-corrected chi connectivity index (χ1v) is 12.2. The molecular weight excluding hydrogens is 466 g/mol. The Bertz CT molecular complexity index is 1360. The molecule has 0 radical (unpaired) electrons. The summed E-state index contributed by atoms with van der Waals surface area (Å²) in [5.41, 5.74) is 8.50. The number of nitrogens with zero attached hydrogens (tertiary/aromatic N) is 1. The number of aryl methyl sites for hydroxylation is 1. The Kier molecular flexibility index (Phi) is 7.31. The third kappa shape index (κ3) is 5.95. The van der Waals surface area contributed by atoms with Gasteiger partial charge in [0.2, 0.25) is 5.69 Å². The molecule has 0 aromatic heterocycles. The summed E-state index contributed by atoms with van der Waals surface area (Å²) >= 11 is 0. The fourth-order valence-corrected chi connectivity index (χ4v) is 4.34. The maximum absolute atomic E-state index is 8.49. The summed E-state index contributed by atoms with van der Waals surface area (Å²) in [7, 11) is -4.94. The van der Waals surface area contributed by atoms with E-state index < -0.39 is 10.2 Å². The molecule has 0 bridgehead atoms. The van der Waals surface area contributed by atoms with E-state index >= 15 is 0 Å². The first-order valence-electron chi connectivity index (χ1n) is 11.0. The lowest BCUT2D eigenvalue weighted by Gasteiger charge is -2.17. The standard InChI is InChI=1S/C28H24NO.ClHO4/c1-20-27-21(2)30-26(23-14-8-4-9-15-23)18-25(27)28(24-16-10-5-11-17-24)29(20)19-22-12-6-3-7-13-22;2-1(3,4)5/h3-18H,19H2,1-2H3;(H,2,3,4,5)/q+1;/p-1. The van der Waals surface area contributed by atoms with Crippen molar-refractivity contribution < 1.29 is 37.9 Å². The molecule has 0 N–H and O–H groups in total. The highest BCUT2D eigenvalue weighted by atomic mass is 35.7. The summed E-state index contributed by atoms with van der Waals surface area (Å²) in [5.74, 6) is 1.85. The van der Waals surface area contributed by atoms with Crippen molar-refractivity contribution in [3.63, 3.8) is 0 Å². The van der Waals surface area contributed by atoms with Crippen LogP contribution in [0.15, 0.2) is 101 Å². The Morgan fingerprint density at radius 1 is 0.714 bits per heavy atom. The zero-order valence-electron chi connectivity index (χ0n) is 19.3. The highest BCUT2D eigenvalue weighted by Crippen LogP contribution is 2.40. The number of hydrogen-bond donors (Lipinski definition) is 0. The molecule has 0 atom stereocenters. The number of rotatable bonds is 4. The van der Waals surface area contributed by atoms with Crippen molar-refractivity contribution in [1.29, 1.82) is 0 Å². The van der Waals surface area contributed by atoms with Crippen LogP contribution in [0.3, 0.4) is 0 Å². The molecule has 2 aliphatic rings. The predicted octanol–water partition coefficient (Wildman–Crippen LogP) is 1.92. The van der Waals surface area contributed by atoms with Crippen molar-refractivity contribution >= 4 is 0 Å². The highest BCUT2D eigenvalue weighted by Gasteiger charge is 2.33. The van der Waals surface area contributed by atoms with Crippen molar-refractivity contribution in [2.45, 2.75) is 20.4 Å². The molecule has 35 heavy (non-hydrogen) atoms. The molecule has 3 aromatic carbocycles. The third-order valence-corrected chi connectivity index (χ3v) is 5.74. The first-order chi connectivity index (χ1) is 16.7. The van der Waals surface area contributed by atoms with Gasteiger partial charge < -0.3 is 4.42 Å². The van der Waals surface area contributed by atoms with Gasteiger partial charge in [-0.05, 0) is 25.1 Å². The van der Waals surface area contributed by atoms with Gasteiger partial charge in [-0.3, -0.25) is 0 Å². The minimum atomic E-state index is -4.94. The van der Waals surface area contributed by atoms with E-state index in [0.29, 0.717) is 0 Å². The molecule has 0 saturated heterocycles. The largest absolute Gasteiger partial charge is 0.460 e. The van der Waals surface area contributed by atoms with Gasteiger partial charge in [-0.15, -0.1) is 10.2 Å². The van der Waals surface area contributed by atoms with E-state index in [9.17, 15) is 0 Å². The molecule has 3 aromatic rings. The molecule has 0 unspecified atom stereocenters. The van der Waals surface area contributed by atoms with Crippen LogP contribution in [0.5, 0.6) is 0 Å². The fraction of sp³-hybridized carbons (Fsp3) is 0.107. The number of benzene rings is 3. The Hall–Kier alpha value is -3.52. The zero-order chi connectivity index (χ0) is 25.0. The van der Waals surface area contributed by atoms with Gasteiger partial charge in [0.15, 0.2) is 12.2 Å². The molecule has 7 heteroatoms. The van der Waals surface area contributed by atoms with Crippen LogP contribution < -0.4 is 23.2 Å². The summed E-state index contributed by atoms with van der Waals surface area (Å²) in [4.78, 5) is 0. The highest BCUT2D eigenvalue weighted by molar-refractivity contribution is 5.85. The molecule has 0 spiro atoms. The van der Waals surface area contributed by atoms with Gasteiger partial charge in [0.1, 0.15) is 11.5 Å². The Morgan fingerprint density at radius 3 is 1.74 bits per heavy atom. The van der Waals surface area contributed by atoms with Crippen molar-refractivity contribution in [2.75, 3.05) is 0 Å². The van der Waals surface area contributed by atoms with Crippen LogP contribution in [0.2, 0.25) is 0 Å². The fourth-order valence-electron chi connectivity index (χ4n) is 4.34. The Morgan fingerprint density at radius 2 is 1.20 bits per heavy atom. The zero-order valence-corrected chi connectivity index (χ0v) is 20.1. The van der Waals surface area contributed by atoms with E-state index in [0.717, 1.165) is 23.6 Å². The minimum absolute atomic E-state index is 0.825. The van der Waals surface area contributed by atoms with Crippen LogP contribution in [0, 0.1) is 24.1 Å². The lowest BCUT2D eigenvalue weighted by molar-refractivity contribution is -2.00. The number of hydrogen-bond acceptors (Lipinski definition) is 5. The molecule has 2 aliphatic heterocycles. The summed E-state index contributed by atoms with van der Waals surface area (Å²) in [6, 6.07) is 33.8.